The molecule has 0 amide bonds. The molecule has 2 N–H and O–H groups in total. The van der Waals surface area contributed by atoms with E-state index in [1.807, 2.05) is 0 Å². The second kappa shape index (κ2) is 5.62. The van der Waals surface area contributed by atoms with Crippen molar-refractivity contribution in [2.75, 3.05) is 0 Å². The molecule has 0 aromatic heterocycles. The van der Waals surface area contributed by atoms with Crippen LogP contribution in [0.4, 0.5) is 5.69 Å². The Bertz CT molecular complexity index is 551. The molecule has 0 spiro atoms. The molecule has 0 aliphatic heterocycles. The van der Waals surface area contributed by atoms with Crippen LogP contribution in [0.25, 0.3) is 0 Å². The number of aliphatic hydroxyl groups is 1. The van der Waals surface area contributed by atoms with E-state index in [2.05, 4.69) is 5.16 Å². The Kier molecular flexibility index (Phi) is 3.91. The van der Waals surface area contributed by atoms with Crippen LogP contribution in [0.1, 0.15) is 30.9 Å². The van der Waals surface area contributed by atoms with Gasteiger partial charge in [-0.2, -0.15) is 0 Å². The lowest BCUT2D eigenvalue weighted by Crippen LogP contribution is -2.16. The summed E-state index contributed by atoms with van der Waals surface area (Å²) >= 11 is 0. The third-order valence-electron chi connectivity index (χ3n) is 3.16. The number of nitro groups is 1. The topological polar surface area (TPSA) is 96.0 Å². The maximum atomic E-state index is 11.0. The Morgan fingerprint density at radius 2 is 2.11 bits per heavy atom. The number of oxime groups is 1. The Morgan fingerprint density at radius 3 is 2.79 bits per heavy atom. The number of hydrogen-bond donors (Lipinski definition) is 2. The molecule has 0 radical (unpaired) electrons. The van der Waals surface area contributed by atoms with Gasteiger partial charge in [-0.05, 0) is 25.3 Å². The molecule has 1 aliphatic carbocycles. The number of hydrogen-bond acceptors (Lipinski definition) is 5. The quantitative estimate of drug-likeness (QED) is 0.497. The van der Waals surface area contributed by atoms with Crippen molar-refractivity contribution in [3.05, 3.63) is 51.6 Å². The number of aliphatic hydroxyl groups excluding tert-OH is 1. The second-order valence-electron chi connectivity index (χ2n) is 4.32. The maximum absolute atomic E-state index is 11.0. The van der Waals surface area contributed by atoms with Crippen LogP contribution in [-0.4, -0.2) is 20.9 Å². The lowest BCUT2D eigenvalue weighted by Gasteiger charge is -2.19. The van der Waals surface area contributed by atoms with E-state index in [1.165, 1.54) is 12.1 Å². The van der Waals surface area contributed by atoms with Gasteiger partial charge in [0.2, 0.25) is 0 Å². The van der Waals surface area contributed by atoms with E-state index >= 15 is 0 Å². The Hall–Kier alpha value is -2.21. The standard InChI is InChI=1S/C13H14N2O4/c16-13(9-5-1-3-7-11(9)14-17)10-6-2-4-8-12(10)15(18)19/h2,4-6,8,13,16-17H,1,3,7H2/b14-11+. The third kappa shape index (κ3) is 2.63. The van der Waals surface area contributed by atoms with Crippen LogP contribution in [0.3, 0.4) is 0 Å². The minimum atomic E-state index is -1.15. The van der Waals surface area contributed by atoms with E-state index in [0.717, 1.165) is 12.8 Å². The maximum Gasteiger partial charge on any atom is 0.275 e. The molecule has 6 heteroatoms. The fourth-order valence-electron chi connectivity index (χ4n) is 2.22. The molecule has 1 aromatic carbocycles. The smallest absolute Gasteiger partial charge is 0.275 e. The Morgan fingerprint density at radius 1 is 1.37 bits per heavy atom. The van der Waals surface area contributed by atoms with Crippen molar-refractivity contribution in [2.45, 2.75) is 25.4 Å². The molecule has 1 aromatic rings. The van der Waals surface area contributed by atoms with Crippen LogP contribution in [0.2, 0.25) is 0 Å². The first-order chi connectivity index (χ1) is 9.15. The highest BCUT2D eigenvalue weighted by atomic mass is 16.6. The highest BCUT2D eigenvalue weighted by molar-refractivity contribution is 6.01. The molecule has 100 valence electrons. The van der Waals surface area contributed by atoms with Gasteiger partial charge in [0, 0.05) is 11.6 Å². The van der Waals surface area contributed by atoms with Crippen molar-refractivity contribution in [2.24, 2.45) is 5.16 Å². The number of benzene rings is 1. The number of nitrogens with zero attached hydrogens (tertiary/aromatic N) is 2. The van der Waals surface area contributed by atoms with Gasteiger partial charge in [-0.15, -0.1) is 0 Å². The Balaban J connectivity index is 2.42. The number of para-hydroxylation sites is 1. The first-order valence-electron chi connectivity index (χ1n) is 5.98. The van der Waals surface area contributed by atoms with E-state index in [0.29, 0.717) is 17.7 Å². The van der Waals surface area contributed by atoms with E-state index < -0.39 is 11.0 Å². The molecule has 0 bridgehead atoms. The van der Waals surface area contributed by atoms with Crippen LogP contribution >= 0.6 is 0 Å². The normalized spacial score (nSPS) is 19.0. The average Bonchev–Trinajstić information content (AvgIpc) is 2.46. The summed E-state index contributed by atoms with van der Waals surface area (Å²) in [6.45, 7) is 0. The minimum absolute atomic E-state index is 0.140. The van der Waals surface area contributed by atoms with Gasteiger partial charge in [-0.3, -0.25) is 10.1 Å². The molecular weight excluding hydrogens is 248 g/mol. The summed E-state index contributed by atoms with van der Waals surface area (Å²) in [6.07, 6.45) is 2.77. The number of allylic oxidation sites excluding steroid dienone is 1. The third-order valence-corrected chi connectivity index (χ3v) is 3.16. The van der Waals surface area contributed by atoms with Crippen LogP contribution < -0.4 is 0 Å². The van der Waals surface area contributed by atoms with E-state index in [9.17, 15) is 15.2 Å². The summed E-state index contributed by atoms with van der Waals surface area (Å²) in [5, 5.41) is 33.4. The summed E-state index contributed by atoms with van der Waals surface area (Å²) in [4.78, 5) is 10.4. The lowest BCUT2D eigenvalue weighted by molar-refractivity contribution is -0.386. The van der Waals surface area contributed by atoms with Crippen molar-refractivity contribution in [1.82, 2.24) is 0 Å². The highest BCUT2D eigenvalue weighted by Crippen LogP contribution is 2.33. The minimum Gasteiger partial charge on any atom is -0.411 e. The van der Waals surface area contributed by atoms with Gasteiger partial charge >= 0.3 is 0 Å². The molecule has 2 rings (SSSR count). The average molecular weight is 262 g/mol. The van der Waals surface area contributed by atoms with Crippen LogP contribution in [0, 0.1) is 10.1 Å². The fraction of sp³-hybridized carbons (Fsp3) is 0.308. The molecule has 0 fully saturated rings. The van der Waals surface area contributed by atoms with E-state index in [4.69, 9.17) is 5.21 Å². The summed E-state index contributed by atoms with van der Waals surface area (Å²) in [5.74, 6) is 0. The van der Waals surface area contributed by atoms with Gasteiger partial charge in [0.15, 0.2) is 0 Å². The van der Waals surface area contributed by atoms with Crippen molar-refractivity contribution >= 4 is 11.4 Å². The zero-order chi connectivity index (χ0) is 13.8. The first-order valence-corrected chi connectivity index (χ1v) is 5.98. The molecule has 19 heavy (non-hydrogen) atoms. The predicted molar refractivity (Wildman–Crippen MR) is 69.2 cm³/mol. The zero-order valence-electron chi connectivity index (χ0n) is 10.2. The zero-order valence-corrected chi connectivity index (χ0v) is 10.2. The highest BCUT2D eigenvalue weighted by Gasteiger charge is 2.26. The second-order valence-corrected chi connectivity index (χ2v) is 4.32. The molecule has 1 atom stereocenters. The summed E-state index contributed by atoms with van der Waals surface area (Å²) in [6, 6.07) is 6.03. The molecule has 1 aliphatic rings. The SMILES string of the molecule is O=[N+]([O-])c1ccccc1C(O)C1=CCCC/C1=N\O. The van der Waals surface area contributed by atoms with Gasteiger partial charge in [-0.1, -0.05) is 23.4 Å². The fourth-order valence-corrected chi connectivity index (χ4v) is 2.22. The van der Waals surface area contributed by atoms with E-state index in [-0.39, 0.29) is 11.3 Å². The van der Waals surface area contributed by atoms with Crippen LogP contribution in [0.15, 0.2) is 41.1 Å². The molecular formula is C13H14N2O4. The summed E-state index contributed by atoms with van der Waals surface area (Å²) in [5.41, 5.74) is 0.903. The molecule has 6 nitrogen and oxygen atoms in total. The van der Waals surface area contributed by atoms with Crippen LogP contribution in [0.5, 0.6) is 0 Å². The number of nitro benzene ring substituents is 1. The monoisotopic (exact) mass is 262 g/mol. The largest absolute Gasteiger partial charge is 0.411 e. The van der Waals surface area contributed by atoms with Crippen molar-refractivity contribution in [1.29, 1.82) is 0 Å². The number of rotatable bonds is 3. The van der Waals surface area contributed by atoms with Gasteiger partial charge in [0.25, 0.3) is 5.69 Å². The van der Waals surface area contributed by atoms with Gasteiger partial charge in [-0.25, -0.2) is 0 Å². The summed E-state index contributed by atoms with van der Waals surface area (Å²) in [7, 11) is 0. The van der Waals surface area contributed by atoms with Gasteiger partial charge < -0.3 is 10.3 Å². The molecule has 0 saturated heterocycles. The van der Waals surface area contributed by atoms with Gasteiger partial charge in [0.05, 0.1) is 16.2 Å². The van der Waals surface area contributed by atoms with Crippen molar-refractivity contribution in [3.8, 4) is 0 Å². The Labute approximate surface area is 109 Å². The van der Waals surface area contributed by atoms with E-state index in [1.54, 1.807) is 18.2 Å². The molecule has 0 heterocycles. The summed E-state index contributed by atoms with van der Waals surface area (Å²) < 4.78 is 0. The molecule has 0 saturated carbocycles. The predicted octanol–water partition coefficient (Wildman–Crippen LogP) is 2.57. The molecule has 1 unspecified atom stereocenters. The van der Waals surface area contributed by atoms with Crippen LogP contribution in [-0.2, 0) is 0 Å². The lowest BCUT2D eigenvalue weighted by atomic mass is 9.89. The van der Waals surface area contributed by atoms with Gasteiger partial charge in [0.1, 0.15) is 6.10 Å². The van der Waals surface area contributed by atoms with Crippen molar-refractivity contribution < 1.29 is 15.2 Å². The first kappa shape index (κ1) is 13.2. The van der Waals surface area contributed by atoms with Crippen molar-refractivity contribution in [3.63, 3.8) is 0 Å².